The first-order valence-electron chi connectivity index (χ1n) is 9.75. The molecule has 1 aromatic rings. The average Bonchev–Trinajstić information content (AvgIpc) is 3.39. The molecule has 3 fully saturated rings. The van der Waals surface area contributed by atoms with Gasteiger partial charge >= 0.3 is 0 Å². The fourth-order valence-electron chi connectivity index (χ4n) is 4.80. The Balaban J connectivity index is 1.36. The van der Waals surface area contributed by atoms with Crippen LogP contribution in [-0.4, -0.2) is 76.0 Å². The largest absolute Gasteiger partial charge is 0.341 e. The molecule has 10 nitrogen and oxygen atoms in total. The van der Waals surface area contributed by atoms with Crippen LogP contribution >= 0.6 is 0 Å². The zero-order valence-corrected chi connectivity index (χ0v) is 16.3. The van der Waals surface area contributed by atoms with Crippen LogP contribution in [0.15, 0.2) is 6.33 Å². The first-order chi connectivity index (χ1) is 13.0. The van der Waals surface area contributed by atoms with Crippen molar-refractivity contribution in [1.82, 2.24) is 34.1 Å². The van der Waals surface area contributed by atoms with Gasteiger partial charge in [0, 0.05) is 32.2 Å². The van der Waals surface area contributed by atoms with Gasteiger partial charge in [0.2, 0.25) is 5.91 Å². The maximum absolute atomic E-state index is 12.7. The highest BCUT2D eigenvalue weighted by atomic mass is 32.2. The number of carbonyl (C=O) groups is 1. The summed E-state index contributed by atoms with van der Waals surface area (Å²) < 4.78 is 31.4. The summed E-state index contributed by atoms with van der Waals surface area (Å²) in [7, 11) is -3.41. The van der Waals surface area contributed by atoms with E-state index in [4.69, 9.17) is 0 Å². The Morgan fingerprint density at radius 3 is 2.52 bits per heavy atom. The van der Waals surface area contributed by atoms with E-state index in [0.29, 0.717) is 26.2 Å². The molecule has 1 amide bonds. The second-order valence-corrected chi connectivity index (χ2v) is 9.63. The van der Waals surface area contributed by atoms with Crippen molar-refractivity contribution in [2.45, 2.75) is 57.5 Å². The molecule has 1 spiro atoms. The summed E-state index contributed by atoms with van der Waals surface area (Å²) in [5.41, 5.74) is -0.0294. The number of rotatable bonds is 5. The minimum atomic E-state index is -3.41. The van der Waals surface area contributed by atoms with E-state index < -0.39 is 10.2 Å². The van der Waals surface area contributed by atoms with Crippen LogP contribution in [-0.2, 0) is 21.5 Å². The molecule has 0 bridgehead atoms. The third-order valence-corrected chi connectivity index (χ3v) is 8.03. The first-order valence-corrected chi connectivity index (χ1v) is 11.2. The number of aromatic nitrogens is 4. The maximum Gasteiger partial charge on any atom is 0.279 e. The molecule has 0 radical (unpaired) electrons. The molecule has 2 aliphatic heterocycles. The molecule has 3 heterocycles. The molecule has 3 aliphatic rings. The second-order valence-electron chi connectivity index (χ2n) is 7.92. The zero-order valence-electron chi connectivity index (χ0n) is 15.5. The highest BCUT2D eigenvalue weighted by molar-refractivity contribution is 7.87. The predicted octanol–water partition coefficient (Wildman–Crippen LogP) is -0.235. The Kier molecular flexibility index (Phi) is 5.17. The summed E-state index contributed by atoms with van der Waals surface area (Å²) >= 11 is 0. The molecule has 1 N–H and O–H groups in total. The molecule has 27 heavy (non-hydrogen) atoms. The third-order valence-electron chi connectivity index (χ3n) is 6.40. The number of nitrogens with one attached hydrogen (secondary N) is 1. The molecule has 1 saturated carbocycles. The Labute approximate surface area is 159 Å². The Bertz CT molecular complexity index is 753. The van der Waals surface area contributed by atoms with Gasteiger partial charge in [0.1, 0.15) is 12.9 Å². The van der Waals surface area contributed by atoms with Gasteiger partial charge in [-0.05, 0) is 54.4 Å². The van der Waals surface area contributed by atoms with E-state index >= 15 is 0 Å². The van der Waals surface area contributed by atoms with Crippen molar-refractivity contribution in [2.75, 3.05) is 26.2 Å². The van der Waals surface area contributed by atoms with Gasteiger partial charge < -0.3 is 4.90 Å². The van der Waals surface area contributed by atoms with E-state index in [2.05, 4.69) is 20.2 Å². The maximum atomic E-state index is 12.7. The van der Waals surface area contributed by atoms with Gasteiger partial charge in [0.05, 0.1) is 0 Å². The third kappa shape index (κ3) is 3.85. The van der Waals surface area contributed by atoms with Crippen molar-refractivity contribution in [3.05, 3.63) is 6.33 Å². The standard InChI is InChI=1S/C16H27N7O3S/c24-15(12-22-13-17-19-20-22)21-10-6-16(7-11-21)5-3-4-14(16)18-27(25,26)23-8-1-2-9-23/h13-14,18H,1-12H2. The van der Waals surface area contributed by atoms with Crippen LogP contribution in [0, 0.1) is 5.41 Å². The highest BCUT2D eigenvalue weighted by Crippen LogP contribution is 2.46. The summed E-state index contributed by atoms with van der Waals surface area (Å²) in [6.07, 6.45) is 7.92. The van der Waals surface area contributed by atoms with Gasteiger partial charge in [-0.1, -0.05) is 6.42 Å². The predicted molar refractivity (Wildman–Crippen MR) is 96.6 cm³/mol. The minimum absolute atomic E-state index is 0.00402. The van der Waals surface area contributed by atoms with Crippen LogP contribution in [0.3, 0.4) is 0 Å². The Morgan fingerprint density at radius 2 is 1.85 bits per heavy atom. The van der Waals surface area contributed by atoms with E-state index in [9.17, 15) is 13.2 Å². The number of nitrogens with zero attached hydrogens (tertiary/aromatic N) is 6. The van der Waals surface area contributed by atoms with Gasteiger partial charge in [-0.25, -0.2) is 4.68 Å². The zero-order chi connectivity index (χ0) is 18.9. The van der Waals surface area contributed by atoms with Crippen LogP contribution in [0.4, 0.5) is 0 Å². The molecular formula is C16H27N7O3S. The number of amides is 1. The number of hydrogen-bond acceptors (Lipinski definition) is 6. The van der Waals surface area contributed by atoms with Gasteiger partial charge in [-0.15, -0.1) is 5.10 Å². The smallest absolute Gasteiger partial charge is 0.279 e. The minimum Gasteiger partial charge on any atom is -0.341 e. The summed E-state index contributed by atoms with van der Waals surface area (Å²) in [4.78, 5) is 14.3. The molecule has 4 rings (SSSR count). The van der Waals surface area contributed by atoms with Crippen LogP contribution in [0.25, 0.3) is 0 Å². The van der Waals surface area contributed by atoms with Crippen LogP contribution < -0.4 is 4.72 Å². The lowest BCUT2D eigenvalue weighted by Gasteiger charge is -2.43. The van der Waals surface area contributed by atoms with Crippen molar-refractivity contribution in [3.8, 4) is 0 Å². The van der Waals surface area contributed by atoms with E-state index in [1.165, 1.54) is 11.0 Å². The Morgan fingerprint density at radius 1 is 1.11 bits per heavy atom. The number of tetrazole rings is 1. The normalized spacial score (nSPS) is 26.1. The average molecular weight is 398 g/mol. The van der Waals surface area contributed by atoms with Gasteiger partial charge in [-0.2, -0.15) is 17.4 Å². The molecule has 0 aromatic carbocycles. The summed E-state index contributed by atoms with van der Waals surface area (Å²) in [6.45, 7) is 2.69. The fourth-order valence-corrected chi connectivity index (χ4v) is 6.41. The molecule has 1 aliphatic carbocycles. The molecule has 11 heteroatoms. The monoisotopic (exact) mass is 397 g/mol. The summed E-state index contributed by atoms with van der Waals surface area (Å²) in [5, 5.41) is 10.8. The first kappa shape index (κ1) is 18.8. The lowest BCUT2D eigenvalue weighted by atomic mass is 9.74. The summed E-state index contributed by atoms with van der Waals surface area (Å²) in [6, 6.07) is -0.0279. The van der Waals surface area contributed by atoms with Crippen molar-refractivity contribution in [1.29, 1.82) is 0 Å². The molecule has 2 saturated heterocycles. The van der Waals surface area contributed by atoms with Crippen molar-refractivity contribution >= 4 is 16.1 Å². The fraction of sp³-hybridized carbons (Fsp3) is 0.875. The number of piperidine rings is 1. The molecule has 1 atom stereocenters. The highest BCUT2D eigenvalue weighted by Gasteiger charge is 2.47. The Hall–Kier alpha value is -1.59. The van der Waals surface area contributed by atoms with Gasteiger partial charge in [-0.3, -0.25) is 4.79 Å². The molecule has 1 aromatic heterocycles. The number of hydrogen-bond donors (Lipinski definition) is 1. The SMILES string of the molecule is O=C(Cn1cnnn1)N1CCC2(CCCC2NS(=O)(=O)N2CCCC2)CC1. The van der Waals surface area contributed by atoms with Crippen LogP contribution in [0.5, 0.6) is 0 Å². The van der Waals surface area contributed by atoms with E-state index in [1.807, 2.05) is 4.90 Å². The van der Waals surface area contributed by atoms with E-state index in [-0.39, 0.29) is 23.9 Å². The molecule has 1 unspecified atom stereocenters. The quantitative estimate of drug-likeness (QED) is 0.734. The van der Waals surface area contributed by atoms with Crippen molar-refractivity contribution in [2.24, 2.45) is 5.41 Å². The topological polar surface area (TPSA) is 113 Å². The number of likely N-dealkylation sites (tertiary alicyclic amines) is 1. The van der Waals surface area contributed by atoms with Gasteiger partial charge in [0.25, 0.3) is 10.2 Å². The lowest BCUT2D eigenvalue weighted by Crippen LogP contribution is -2.53. The molecular weight excluding hydrogens is 370 g/mol. The van der Waals surface area contributed by atoms with Crippen molar-refractivity contribution in [3.63, 3.8) is 0 Å². The second kappa shape index (κ2) is 7.44. The van der Waals surface area contributed by atoms with E-state index in [0.717, 1.165) is 44.9 Å². The summed E-state index contributed by atoms with van der Waals surface area (Å²) in [5.74, 6) is 0.00402. The van der Waals surface area contributed by atoms with Crippen molar-refractivity contribution < 1.29 is 13.2 Å². The number of carbonyl (C=O) groups excluding carboxylic acids is 1. The van der Waals surface area contributed by atoms with Gasteiger partial charge in [0.15, 0.2) is 0 Å². The van der Waals surface area contributed by atoms with E-state index in [1.54, 1.807) is 4.31 Å². The van der Waals surface area contributed by atoms with Crippen LogP contribution in [0.2, 0.25) is 0 Å². The van der Waals surface area contributed by atoms with Crippen LogP contribution in [0.1, 0.15) is 44.9 Å². The molecule has 150 valence electrons. The lowest BCUT2D eigenvalue weighted by molar-refractivity contribution is -0.134.